The molecule has 22 heavy (non-hydrogen) atoms. The Morgan fingerprint density at radius 3 is 2.18 bits per heavy atom. The standard InChI is InChI=1S/C16H12Cl2N2O2/c1-16(15(21)22,11-6-12(17)8-13(18)7-11)20-14-4-2-10(9-19)3-5-14/h2-8,20H,1H3,(H,21,22). The number of hydrogen-bond donors (Lipinski definition) is 2. The molecule has 0 radical (unpaired) electrons. The van der Waals surface area contributed by atoms with E-state index in [4.69, 9.17) is 28.5 Å². The second kappa shape index (κ2) is 6.27. The van der Waals surface area contributed by atoms with Crippen LogP contribution in [-0.2, 0) is 10.3 Å². The molecule has 0 aliphatic carbocycles. The van der Waals surface area contributed by atoms with Crippen molar-refractivity contribution in [2.24, 2.45) is 0 Å². The van der Waals surface area contributed by atoms with Crippen LogP contribution in [0.5, 0.6) is 0 Å². The number of nitriles is 1. The Kier molecular flexibility index (Phi) is 4.60. The third-order valence-corrected chi connectivity index (χ3v) is 3.71. The molecule has 0 aliphatic heterocycles. The lowest BCUT2D eigenvalue weighted by Crippen LogP contribution is -2.40. The van der Waals surface area contributed by atoms with Gasteiger partial charge in [0.05, 0.1) is 11.6 Å². The van der Waals surface area contributed by atoms with Crippen LogP contribution in [0.2, 0.25) is 10.0 Å². The highest BCUT2D eigenvalue weighted by molar-refractivity contribution is 6.34. The molecule has 0 saturated heterocycles. The summed E-state index contributed by atoms with van der Waals surface area (Å²) in [7, 11) is 0. The summed E-state index contributed by atoms with van der Waals surface area (Å²) in [5.74, 6) is -1.07. The SMILES string of the molecule is CC(Nc1ccc(C#N)cc1)(C(=O)O)c1cc(Cl)cc(Cl)c1. The maximum atomic E-state index is 11.8. The van der Waals surface area contributed by atoms with Gasteiger partial charge >= 0.3 is 5.97 Å². The number of aliphatic carboxylic acids is 1. The van der Waals surface area contributed by atoms with Crippen molar-refractivity contribution in [3.8, 4) is 6.07 Å². The largest absolute Gasteiger partial charge is 0.479 e. The van der Waals surface area contributed by atoms with Gasteiger partial charge in [0.25, 0.3) is 0 Å². The third-order valence-electron chi connectivity index (χ3n) is 3.28. The van der Waals surface area contributed by atoms with Crippen LogP contribution >= 0.6 is 23.2 Å². The topological polar surface area (TPSA) is 73.1 Å². The summed E-state index contributed by atoms with van der Waals surface area (Å²) in [6.45, 7) is 1.52. The van der Waals surface area contributed by atoms with E-state index in [1.807, 2.05) is 6.07 Å². The molecule has 4 nitrogen and oxygen atoms in total. The first kappa shape index (κ1) is 16.2. The number of hydrogen-bond acceptors (Lipinski definition) is 3. The van der Waals surface area contributed by atoms with Crippen molar-refractivity contribution in [1.29, 1.82) is 5.26 Å². The molecule has 0 aliphatic rings. The minimum Gasteiger partial charge on any atom is -0.479 e. The third kappa shape index (κ3) is 3.33. The van der Waals surface area contributed by atoms with Crippen LogP contribution in [0.1, 0.15) is 18.1 Å². The Labute approximate surface area is 137 Å². The Balaban J connectivity index is 2.43. The van der Waals surface area contributed by atoms with Gasteiger partial charge in [0.1, 0.15) is 0 Å². The van der Waals surface area contributed by atoms with Crippen LogP contribution in [0.15, 0.2) is 42.5 Å². The van der Waals surface area contributed by atoms with Gasteiger partial charge in [-0.25, -0.2) is 4.79 Å². The van der Waals surface area contributed by atoms with Gasteiger partial charge in [0.2, 0.25) is 0 Å². The van der Waals surface area contributed by atoms with E-state index >= 15 is 0 Å². The Hall–Kier alpha value is -2.22. The van der Waals surface area contributed by atoms with Gasteiger partial charge in [-0.2, -0.15) is 5.26 Å². The molecule has 0 heterocycles. The lowest BCUT2D eigenvalue weighted by molar-refractivity contribution is -0.142. The van der Waals surface area contributed by atoms with Gasteiger partial charge in [0.15, 0.2) is 5.54 Å². The molecule has 1 unspecified atom stereocenters. The van der Waals surface area contributed by atoms with Crippen LogP contribution in [0.4, 0.5) is 5.69 Å². The van der Waals surface area contributed by atoms with E-state index in [-0.39, 0.29) is 0 Å². The Bertz CT molecular complexity index is 733. The second-order valence-corrected chi connectivity index (χ2v) is 5.78. The molecule has 0 bridgehead atoms. The number of benzene rings is 2. The van der Waals surface area contributed by atoms with Crippen LogP contribution in [0.25, 0.3) is 0 Å². The van der Waals surface area contributed by atoms with Gasteiger partial charge in [-0.3, -0.25) is 0 Å². The zero-order valence-corrected chi connectivity index (χ0v) is 13.1. The molecule has 0 aromatic heterocycles. The van der Waals surface area contributed by atoms with Gasteiger partial charge in [-0.1, -0.05) is 23.2 Å². The van der Waals surface area contributed by atoms with Crippen molar-refractivity contribution in [2.45, 2.75) is 12.5 Å². The lowest BCUT2D eigenvalue weighted by atomic mass is 9.91. The fraction of sp³-hybridized carbons (Fsp3) is 0.125. The van der Waals surface area contributed by atoms with Crippen LogP contribution < -0.4 is 5.32 Å². The van der Waals surface area contributed by atoms with Crippen molar-refractivity contribution in [3.05, 3.63) is 63.6 Å². The summed E-state index contributed by atoms with van der Waals surface area (Å²) < 4.78 is 0. The highest BCUT2D eigenvalue weighted by Gasteiger charge is 2.35. The van der Waals surface area contributed by atoms with Gasteiger partial charge in [0, 0.05) is 15.7 Å². The molecule has 0 saturated carbocycles. The molecule has 2 rings (SSSR count). The minimum absolute atomic E-state index is 0.358. The first-order valence-corrected chi connectivity index (χ1v) is 7.09. The van der Waals surface area contributed by atoms with E-state index in [0.29, 0.717) is 26.9 Å². The number of rotatable bonds is 4. The fourth-order valence-corrected chi connectivity index (χ4v) is 2.53. The van der Waals surface area contributed by atoms with Crippen molar-refractivity contribution in [1.82, 2.24) is 0 Å². The summed E-state index contributed by atoms with van der Waals surface area (Å²) in [6, 6.07) is 13.2. The molecule has 1 atom stereocenters. The normalized spacial score (nSPS) is 13.0. The number of carbonyl (C=O) groups is 1. The first-order valence-electron chi connectivity index (χ1n) is 6.33. The van der Waals surface area contributed by atoms with Crippen LogP contribution in [-0.4, -0.2) is 11.1 Å². The predicted molar refractivity (Wildman–Crippen MR) is 86.2 cm³/mol. The molecular weight excluding hydrogens is 323 g/mol. The zero-order valence-electron chi connectivity index (χ0n) is 11.6. The summed E-state index contributed by atoms with van der Waals surface area (Å²) in [6.07, 6.45) is 0. The number of anilines is 1. The second-order valence-electron chi connectivity index (χ2n) is 4.90. The average molecular weight is 335 g/mol. The first-order chi connectivity index (χ1) is 10.3. The Morgan fingerprint density at radius 2 is 1.73 bits per heavy atom. The number of halogens is 2. The Morgan fingerprint density at radius 1 is 1.18 bits per heavy atom. The molecule has 0 amide bonds. The van der Waals surface area contributed by atoms with E-state index < -0.39 is 11.5 Å². The fourth-order valence-electron chi connectivity index (χ4n) is 2.01. The maximum absolute atomic E-state index is 11.8. The maximum Gasteiger partial charge on any atom is 0.333 e. The van der Waals surface area contributed by atoms with E-state index in [9.17, 15) is 9.90 Å². The van der Waals surface area contributed by atoms with E-state index in [0.717, 1.165) is 0 Å². The van der Waals surface area contributed by atoms with E-state index in [1.54, 1.807) is 36.4 Å². The zero-order chi connectivity index (χ0) is 16.3. The van der Waals surface area contributed by atoms with Crippen molar-refractivity contribution in [2.75, 3.05) is 5.32 Å². The van der Waals surface area contributed by atoms with Crippen molar-refractivity contribution >= 4 is 34.9 Å². The van der Waals surface area contributed by atoms with E-state index in [1.165, 1.54) is 13.0 Å². The molecular formula is C16H12Cl2N2O2. The van der Waals surface area contributed by atoms with Crippen LogP contribution in [0, 0.1) is 11.3 Å². The monoisotopic (exact) mass is 334 g/mol. The smallest absolute Gasteiger partial charge is 0.333 e. The summed E-state index contributed by atoms with van der Waals surface area (Å²) >= 11 is 11.9. The quantitative estimate of drug-likeness (QED) is 0.875. The van der Waals surface area contributed by atoms with E-state index in [2.05, 4.69) is 5.32 Å². The molecule has 2 aromatic rings. The molecule has 2 N–H and O–H groups in total. The van der Waals surface area contributed by atoms with Crippen molar-refractivity contribution in [3.63, 3.8) is 0 Å². The van der Waals surface area contributed by atoms with Crippen LogP contribution in [0.3, 0.4) is 0 Å². The van der Waals surface area contributed by atoms with Gasteiger partial charge in [-0.15, -0.1) is 0 Å². The predicted octanol–water partition coefficient (Wildman–Crippen LogP) is 4.28. The highest BCUT2D eigenvalue weighted by atomic mass is 35.5. The molecule has 0 spiro atoms. The number of carboxylic acid groups (broad SMARTS) is 1. The molecule has 0 fully saturated rings. The average Bonchev–Trinajstić information content (AvgIpc) is 2.46. The molecule has 112 valence electrons. The molecule has 6 heteroatoms. The summed E-state index contributed by atoms with van der Waals surface area (Å²) in [5, 5.41) is 22.1. The number of nitrogens with zero attached hydrogens (tertiary/aromatic N) is 1. The highest BCUT2D eigenvalue weighted by Crippen LogP contribution is 2.31. The van der Waals surface area contributed by atoms with Gasteiger partial charge in [-0.05, 0) is 55.0 Å². The van der Waals surface area contributed by atoms with Gasteiger partial charge < -0.3 is 10.4 Å². The summed E-state index contributed by atoms with van der Waals surface area (Å²) in [5.41, 5.74) is 0.0816. The molecule has 2 aromatic carbocycles. The lowest BCUT2D eigenvalue weighted by Gasteiger charge is -2.28. The number of carboxylic acids is 1. The van der Waals surface area contributed by atoms with Crippen molar-refractivity contribution < 1.29 is 9.90 Å². The minimum atomic E-state index is -1.41. The number of nitrogens with one attached hydrogen (secondary N) is 1. The summed E-state index contributed by atoms with van der Waals surface area (Å²) in [4.78, 5) is 11.8.